The van der Waals surface area contributed by atoms with Crippen LogP contribution in [0.4, 0.5) is 11.8 Å². The maximum absolute atomic E-state index is 11.7. The molecular weight excluding hydrogens is 340 g/mol. The van der Waals surface area contributed by atoms with E-state index in [1.165, 1.54) is 12.5 Å². The summed E-state index contributed by atoms with van der Waals surface area (Å²) in [5.41, 5.74) is 11.6. The normalized spacial score (nSPS) is 11.4. The number of carbonyl (C=O) groups is 1. The van der Waals surface area contributed by atoms with Crippen LogP contribution in [0.1, 0.15) is 41.7 Å². The molecule has 0 fully saturated rings. The van der Waals surface area contributed by atoms with Gasteiger partial charge in [-0.05, 0) is 12.3 Å². The summed E-state index contributed by atoms with van der Waals surface area (Å²) in [7, 11) is 1.00. The van der Waals surface area contributed by atoms with Crippen LogP contribution in [0.25, 0.3) is 0 Å². The molecule has 10 nitrogen and oxygen atoms in total. The summed E-state index contributed by atoms with van der Waals surface area (Å²) in [6.45, 7) is 2.70. The van der Waals surface area contributed by atoms with E-state index in [0.717, 1.165) is 20.0 Å². The molecule has 0 spiro atoms. The first-order valence-electron chi connectivity index (χ1n) is 8.19. The minimum absolute atomic E-state index is 0.0393. The van der Waals surface area contributed by atoms with Gasteiger partial charge in [0.15, 0.2) is 5.89 Å². The van der Waals surface area contributed by atoms with E-state index in [0.29, 0.717) is 23.8 Å². The van der Waals surface area contributed by atoms with Gasteiger partial charge in [0, 0.05) is 25.8 Å². The van der Waals surface area contributed by atoms with Crippen LogP contribution < -0.4 is 16.8 Å². The molecule has 1 unspecified atom stereocenters. The van der Waals surface area contributed by atoms with Crippen LogP contribution in [0.2, 0.25) is 0 Å². The zero-order chi connectivity index (χ0) is 19.5. The van der Waals surface area contributed by atoms with Crippen LogP contribution in [0.15, 0.2) is 16.9 Å². The third kappa shape index (κ3) is 5.97. The fraction of sp³-hybridized carbons (Fsp3) is 0.500. The summed E-state index contributed by atoms with van der Waals surface area (Å²) < 4.78 is 5.22. The lowest BCUT2D eigenvalue weighted by molar-refractivity contribution is 0.0994. The van der Waals surface area contributed by atoms with Gasteiger partial charge in [0.25, 0.3) is 5.91 Å². The zero-order valence-electron chi connectivity index (χ0n) is 15.0. The first kappa shape index (κ1) is 21.3. The standard InChI is InChI=1S/C15H22N6O3.CH4O/c1-2-9(8-22)3-4-19-14-10(7-11-18-5-6-24-11)12(13(16)23)20-15(17)21-14;1-2/h5-6,9,22H,2-4,7-8H2,1H3,(H2,16,23)(H3,17,19,20,21);2H,1H3. The summed E-state index contributed by atoms with van der Waals surface area (Å²) in [5.74, 6) is 0.285. The van der Waals surface area contributed by atoms with Gasteiger partial charge in [-0.2, -0.15) is 4.98 Å². The van der Waals surface area contributed by atoms with Crippen molar-refractivity contribution in [1.82, 2.24) is 15.0 Å². The number of hydrogen-bond donors (Lipinski definition) is 5. The summed E-state index contributed by atoms with van der Waals surface area (Å²) in [4.78, 5) is 23.8. The molecular formula is C16H26N6O4. The highest BCUT2D eigenvalue weighted by molar-refractivity contribution is 5.94. The maximum Gasteiger partial charge on any atom is 0.267 e. The maximum atomic E-state index is 11.7. The molecule has 0 bridgehead atoms. The van der Waals surface area contributed by atoms with Gasteiger partial charge in [0.1, 0.15) is 17.8 Å². The molecule has 2 rings (SSSR count). The van der Waals surface area contributed by atoms with Crippen molar-refractivity contribution in [3.63, 3.8) is 0 Å². The largest absolute Gasteiger partial charge is 0.449 e. The Morgan fingerprint density at radius 2 is 2.12 bits per heavy atom. The molecule has 2 aromatic rings. The highest BCUT2D eigenvalue weighted by atomic mass is 16.3. The third-order valence-corrected chi connectivity index (χ3v) is 3.75. The van der Waals surface area contributed by atoms with Crippen LogP contribution in [0.3, 0.4) is 0 Å². The molecule has 0 saturated carbocycles. The van der Waals surface area contributed by atoms with E-state index in [4.69, 9.17) is 21.0 Å². The lowest BCUT2D eigenvalue weighted by Gasteiger charge is -2.15. The van der Waals surface area contributed by atoms with E-state index >= 15 is 0 Å². The van der Waals surface area contributed by atoms with Gasteiger partial charge >= 0.3 is 0 Å². The average molecular weight is 366 g/mol. The monoisotopic (exact) mass is 366 g/mol. The summed E-state index contributed by atoms with van der Waals surface area (Å²) >= 11 is 0. The van der Waals surface area contributed by atoms with Crippen LogP contribution in [0, 0.1) is 5.92 Å². The molecule has 0 aliphatic carbocycles. The van der Waals surface area contributed by atoms with Crippen molar-refractivity contribution >= 4 is 17.7 Å². The van der Waals surface area contributed by atoms with Gasteiger partial charge in [-0.1, -0.05) is 13.3 Å². The number of nitrogens with two attached hydrogens (primary N) is 2. The lowest BCUT2D eigenvalue weighted by atomic mass is 10.0. The Labute approximate surface area is 151 Å². The molecule has 0 saturated heterocycles. The Bertz CT molecular complexity index is 674. The van der Waals surface area contributed by atoms with E-state index in [9.17, 15) is 9.90 Å². The van der Waals surface area contributed by atoms with Crippen molar-refractivity contribution in [3.8, 4) is 0 Å². The van der Waals surface area contributed by atoms with E-state index in [-0.39, 0.29) is 30.6 Å². The number of rotatable bonds is 9. The lowest BCUT2D eigenvalue weighted by Crippen LogP contribution is -2.21. The quantitative estimate of drug-likeness (QED) is 0.414. The molecule has 0 aliphatic rings. The van der Waals surface area contributed by atoms with Gasteiger partial charge < -0.3 is 31.4 Å². The number of anilines is 2. The number of oxazole rings is 1. The van der Waals surface area contributed by atoms with Crippen molar-refractivity contribution in [2.45, 2.75) is 26.2 Å². The van der Waals surface area contributed by atoms with Gasteiger partial charge in [-0.15, -0.1) is 0 Å². The Morgan fingerprint density at radius 3 is 2.65 bits per heavy atom. The molecule has 1 atom stereocenters. The molecule has 0 aromatic carbocycles. The van der Waals surface area contributed by atoms with Crippen molar-refractivity contribution in [3.05, 3.63) is 29.6 Å². The van der Waals surface area contributed by atoms with E-state index in [1.54, 1.807) is 0 Å². The average Bonchev–Trinajstić information content (AvgIpc) is 3.15. The minimum Gasteiger partial charge on any atom is -0.449 e. The number of aliphatic hydroxyl groups is 2. The van der Waals surface area contributed by atoms with Crippen molar-refractivity contribution < 1.29 is 19.4 Å². The number of nitrogens with zero attached hydrogens (tertiary/aromatic N) is 3. The first-order valence-corrected chi connectivity index (χ1v) is 8.19. The predicted octanol–water partition coefficient (Wildman–Crippen LogP) is 0.166. The Kier molecular flexibility index (Phi) is 9.02. The second kappa shape index (κ2) is 11.0. The number of nitrogen functional groups attached to an aromatic ring is 1. The van der Waals surface area contributed by atoms with E-state index in [1.807, 2.05) is 6.92 Å². The molecule has 26 heavy (non-hydrogen) atoms. The minimum atomic E-state index is -0.699. The molecule has 0 radical (unpaired) electrons. The van der Waals surface area contributed by atoms with Crippen LogP contribution in [-0.2, 0) is 6.42 Å². The topological polar surface area (TPSA) is 173 Å². The van der Waals surface area contributed by atoms with E-state index < -0.39 is 5.91 Å². The Balaban J connectivity index is 0.00000163. The van der Waals surface area contributed by atoms with Gasteiger partial charge in [0.2, 0.25) is 5.95 Å². The third-order valence-electron chi connectivity index (χ3n) is 3.75. The number of aliphatic hydroxyl groups excluding tert-OH is 2. The number of primary amides is 1. The Morgan fingerprint density at radius 1 is 1.38 bits per heavy atom. The first-order chi connectivity index (χ1) is 12.5. The van der Waals surface area contributed by atoms with Crippen LogP contribution in [0.5, 0.6) is 0 Å². The highest BCUT2D eigenvalue weighted by Gasteiger charge is 2.19. The van der Waals surface area contributed by atoms with Gasteiger partial charge in [0.05, 0.1) is 12.6 Å². The summed E-state index contributed by atoms with van der Waals surface area (Å²) in [6.07, 6.45) is 4.79. The smallest absolute Gasteiger partial charge is 0.267 e. The number of hydrogen-bond acceptors (Lipinski definition) is 9. The van der Waals surface area contributed by atoms with Gasteiger partial charge in [-0.25, -0.2) is 9.97 Å². The molecule has 2 heterocycles. The molecule has 0 aliphatic heterocycles. The molecule has 2 aromatic heterocycles. The number of carbonyl (C=O) groups excluding carboxylic acids is 1. The zero-order valence-corrected chi connectivity index (χ0v) is 15.0. The Hall–Kier alpha value is -2.72. The fourth-order valence-electron chi connectivity index (χ4n) is 2.33. The molecule has 144 valence electrons. The van der Waals surface area contributed by atoms with Crippen LogP contribution >= 0.6 is 0 Å². The SMILES string of the molecule is CCC(CO)CCNc1nc(N)nc(C(N)=O)c1Cc1ncco1.CO. The second-order valence-corrected chi connectivity index (χ2v) is 5.40. The van der Waals surface area contributed by atoms with Crippen molar-refractivity contribution in [1.29, 1.82) is 0 Å². The second-order valence-electron chi connectivity index (χ2n) is 5.40. The summed E-state index contributed by atoms with van der Waals surface area (Å²) in [5, 5.41) is 19.4. The molecule has 10 heteroatoms. The van der Waals surface area contributed by atoms with Gasteiger partial charge in [-0.3, -0.25) is 4.79 Å². The highest BCUT2D eigenvalue weighted by Crippen LogP contribution is 2.21. The van der Waals surface area contributed by atoms with Crippen molar-refractivity contribution in [2.24, 2.45) is 11.7 Å². The number of nitrogens with one attached hydrogen (secondary N) is 1. The van der Waals surface area contributed by atoms with E-state index in [2.05, 4.69) is 20.3 Å². The summed E-state index contributed by atoms with van der Waals surface area (Å²) in [6, 6.07) is 0. The predicted molar refractivity (Wildman–Crippen MR) is 96.4 cm³/mol. The molecule has 7 N–H and O–H groups in total. The fourth-order valence-corrected chi connectivity index (χ4v) is 2.33. The van der Waals surface area contributed by atoms with Crippen molar-refractivity contribution in [2.75, 3.05) is 31.3 Å². The number of amides is 1. The number of aromatic nitrogens is 3. The van der Waals surface area contributed by atoms with Crippen LogP contribution in [-0.4, -0.2) is 51.3 Å². The molecule has 1 amide bonds.